The van der Waals surface area contributed by atoms with Crippen LogP contribution in [0.1, 0.15) is 44.9 Å². The second-order valence-electron chi connectivity index (χ2n) is 5.39. The van der Waals surface area contributed by atoms with Gasteiger partial charge >= 0.3 is 5.97 Å². The summed E-state index contributed by atoms with van der Waals surface area (Å²) in [5, 5.41) is 12.2. The monoisotopic (exact) mass is 283 g/mol. The van der Waals surface area contributed by atoms with Gasteiger partial charge in [-0.3, -0.25) is 9.59 Å². The minimum atomic E-state index is -0.785. The highest BCUT2D eigenvalue weighted by Crippen LogP contribution is 2.35. The standard InChI is InChI=1S/C15H25NO4/c1-2-10-20-11-6-7-13(17)16-12-15(14(18)19)8-4-3-5-9-15/h2H,1,3-12H2,(H,16,17)(H,18,19). The van der Waals surface area contributed by atoms with E-state index >= 15 is 0 Å². The first-order chi connectivity index (χ1) is 9.60. The van der Waals surface area contributed by atoms with Crippen LogP contribution in [0.15, 0.2) is 12.7 Å². The van der Waals surface area contributed by atoms with E-state index in [-0.39, 0.29) is 12.5 Å². The molecular formula is C15H25NO4. The number of ether oxygens (including phenoxy) is 1. The Balaban J connectivity index is 2.27. The molecule has 1 rings (SSSR count). The normalized spacial score (nSPS) is 17.4. The molecule has 0 aromatic heterocycles. The highest BCUT2D eigenvalue weighted by Gasteiger charge is 2.39. The van der Waals surface area contributed by atoms with Crippen LogP contribution < -0.4 is 5.32 Å². The lowest BCUT2D eigenvalue weighted by Gasteiger charge is -2.33. The Morgan fingerprint density at radius 3 is 2.60 bits per heavy atom. The van der Waals surface area contributed by atoms with Crippen molar-refractivity contribution in [3.63, 3.8) is 0 Å². The average molecular weight is 283 g/mol. The Hall–Kier alpha value is -1.36. The van der Waals surface area contributed by atoms with Gasteiger partial charge in [-0.25, -0.2) is 0 Å². The molecule has 0 bridgehead atoms. The number of hydrogen-bond donors (Lipinski definition) is 2. The summed E-state index contributed by atoms with van der Waals surface area (Å²) < 4.78 is 5.19. The molecular weight excluding hydrogens is 258 g/mol. The van der Waals surface area contributed by atoms with Gasteiger partial charge in [0.1, 0.15) is 0 Å². The third-order valence-corrected chi connectivity index (χ3v) is 3.82. The molecule has 0 radical (unpaired) electrons. The summed E-state index contributed by atoms with van der Waals surface area (Å²) in [6, 6.07) is 0. The van der Waals surface area contributed by atoms with Gasteiger partial charge in [-0.2, -0.15) is 0 Å². The van der Waals surface area contributed by atoms with Crippen molar-refractivity contribution >= 4 is 11.9 Å². The lowest BCUT2D eigenvalue weighted by Crippen LogP contribution is -2.44. The number of carbonyl (C=O) groups excluding carboxylic acids is 1. The van der Waals surface area contributed by atoms with Crippen molar-refractivity contribution < 1.29 is 19.4 Å². The molecule has 0 aromatic carbocycles. The zero-order valence-electron chi connectivity index (χ0n) is 12.0. The summed E-state index contributed by atoms with van der Waals surface area (Å²) in [5.74, 6) is -0.884. The number of carbonyl (C=O) groups is 2. The third-order valence-electron chi connectivity index (χ3n) is 3.82. The maximum Gasteiger partial charge on any atom is 0.311 e. The van der Waals surface area contributed by atoms with Gasteiger partial charge in [-0.05, 0) is 19.3 Å². The van der Waals surface area contributed by atoms with E-state index in [4.69, 9.17) is 4.74 Å². The molecule has 1 aliphatic carbocycles. The van der Waals surface area contributed by atoms with Gasteiger partial charge in [0.25, 0.3) is 0 Å². The van der Waals surface area contributed by atoms with Crippen molar-refractivity contribution in [1.29, 1.82) is 0 Å². The van der Waals surface area contributed by atoms with Crippen molar-refractivity contribution in [3.05, 3.63) is 12.7 Å². The van der Waals surface area contributed by atoms with Gasteiger partial charge in [0, 0.05) is 19.6 Å². The van der Waals surface area contributed by atoms with Crippen molar-refractivity contribution in [2.45, 2.75) is 44.9 Å². The molecule has 0 unspecified atom stereocenters. The predicted octanol–water partition coefficient (Wildman–Crippen LogP) is 2.12. The summed E-state index contributed by atoms with van der Waals surface area (Å²) in [5.41, 5.74) is -0.757. The van der Waals surface area contributed by atoms with Gasteiger partial charge < -0.3 is 15.2 Å². The fraction of sp³-hybridized carbons (Fsp3) is 0.733. The number of nitrogens with one attached hydrogen (secondary N) is 1. The second-order valence-corrected chi connectivity index (χ2v) is 5.39. The lowest BCUT2D eigenvalue weighted by atomic mass is 9.74. The molecule has 1 aliphatic rings. The van der Waals surface area contributed by atoms with Crippen LogP contribution in [0.3, 0.4) is 0 Å². The Bertz CT molecular complexity index is 335. The Labute approximate surface area is 120 Å². The van der Waals surface area contributed by atoms with E-state index in [0.717, 1.165) is 19.3 Å². The van der Waals surface area contributed by atoms with Crippen molar-refractivity contribution in [2.75, 3.05) is 19.8 Å². The highest BCUT2D eigenvalue weighted by molar-refractivity contribution is 5.79. The first kappa shape index (κ1) is 16.7. The van der Waals surface area contributed by atoms with Crippen molar-refractivity contribution in [1.82, 2.24) is 5.32 Å². The Morgan fingerprint density at radius 2 is 2.00 bits per heavy atom. The highest BCUT2D eigenvalue weighted by atomic mass is 16.5. The fourth-order valence-electron chi connectivity index (χ4n) is 2.55. The number of hydrogen-bond acceptors (Lipinski definition) is 3. The predicted molar refractivity (Wildman–Crippen MR) is 76.4 cm³/mol. The Morgan fingerprint density at radius 1 is 1.30 bits per heavy atom. The summed E-state index contributed by atoms with van der Waals surface area (Å²) in [6.07, 6.45) is 6.93. The topological polar surface area (TPSA) is 75.6 Å². The smallest absolute Gasteiger partial charge is 0.311 e. The molecule has 2 N–H and O–H groups in total. The van der Waals surface area contributed by atoms with E-state index in [0.29, 0.717) is 38.9 Å². The number of amides is 1. The molecule has 0 saturated heterocycles. The third kappa shape index (κ3) is 5.33. The van der Waals surface area contributed by atoms with Crippen molar-refractivity contribution in [2.24, 2.45) is 5.41 Å². The van der Waals surface area contributed by atoms with E-state index in [1.54, 1.807) is 6.08 Å². The zero-order valence-corrected chi connectivity index (χ0v) is 12.0. The molecule has 1 fully saturated rings. The quantitative estimate of drug-likeness (QED) is 0.502. The van der Waals surface area contributed by atoms with Gasteiger partial charge in [0.05, 0.1) is 12.0 Å². The molecule has 5 heteroatoms. The minimum absolute atomic E-state index is 0.0987. The van der Waals surface area contributed by atoms with Crippen LogP contribution in [0.5, 0.6) is 0 Å². The molecule has 1 amide bonds. The van der Waals surface area contributed by atoms with Gasteiger partial charge in [-0.1, -0.05) is 25.3 Å². The van der Waals surface area contributed by atoms with E-state index in [1.165, 1.54) is 0 Å². The molecule has 0 atom stereocenters. The van der Waals surface area contributed by atoms with Crippen LogP contribution >= 0.6 is 0 Å². The number of rotatable bonds is 9. The summed E-state index contributed by atoms with van der Waals surface area (Å²) >= 11 is 0. The SMILES string of the molecule is C=CCOCCCC(=O)NCC1(C(=O)O)CCCCC1. The molecule has 0 spiro atoms. The number of carboxylic acid groups (broad SMARTS) is 1. The van der Waals surface area contributed by atoms with E-state index < -0.39 is 11.4 Å². The van der Waals surface area contributed by atoms with Gasteiger partial charge in [0.15, 0.2) is 0 Å². The van der Waals surface area contributed by atoms with E-state index in [2.05, 4.69) is 11.9 Å². The van der Waals surface area contributed by atoms with Crippen LogP contribution in [0, 0.1) is 5.41 Å². The van der Waals surface area contributed by atoms with Crippen LogP contribution in [0.2, 0.25) is 0 Å². The van der Waals surface area contributed by atoms with Crippen LogP contribution in [-0.2, 0) is 14.3 Å². The molecule has 1 saturated carbocycles. The molecule has 20 heavy (non-hydrogen) atoms. The van der Waals surface area contributed by atoms with Crippen LogP contribution in [0.25, 0.3) is 0 Å². The lowest BCUT2D eigenvalue weighted by molar-refractivity contribution is -0.151. The van der Waals surface area contributed by atoms with Gasteiger partial charge in [0.2, 0.25) is 5.91 Å². The maximum absolute atomic E-state index is 11.7. The summed E-state index contributed by atoms with van der Waals surface area (Å²) in [4.78, 5) is 23.1. The number of aliphatic carboxylic acids is 1. The fourth-order valence-corrected chi connectivity index (χ4v) is 2.55. The summed E-state index contributed by atoms with van der Waals surface area (Å²) in [7, 11) is 0. The second kappa shape index (κ2) is 8.74. The number of carboxylic acids is 1. The minimum Gasteiger partial charge on any atom is -0.481 e. The molecule has 0 aromatic rings. The van der Waals surface area contributed by atoms with Crippen LogP contribution in [-0.4, -0.2) is 36.7 Å². The molecule has 5 nitrogen and oxygen atoms in total. The van der Waals surface area contributed by atoms with Crippen LogP contribution in [0.4, 0.5) is 0 Å². The Kier molecular flexibility index (Phi) is 7.30. The van der Waals surface area contributed by atoms with Gasteiger partial charge in [-0.15, -0.1) is 6.58 Å². The zero-order chi connectivity index (χ0) is 14.8. The molecule has 114 valence electrons. The largest absolute Gasteiger partial charge is 0.481 e. The summed E-state index contributed by atoms with van der Waals surface area (Å²) in [6.45, 7) is 4.79. The molecule has 0 heterocycles. The van der Waals surface area contributed by atoms with Crippen molar-refractivity contribution in [3.8, 4) is 0 Å². The average Bonchev–Trinajstić information content (AvgIpc) is 2.46. The van der Waals surface area contributed by atoms with E-state index in [1.807, 2.05) is 0 Å². The maximum atomic E-state index is 11.7. The van der Waals surface area contributed by atoms with E-state index in [9.17, 15) is 14.7 Å². The first-order valence-electron chi connectivity index (χ1n) is 7.29. The molecule has 0 aliphatic heterocycles. The first-order valence-corrected chi connectivity index (χ1v) is 7.29.